The highest BCUT2D eigenvalue weighted by Gasteiger charge is 1.89. The fourth-order valence-electron chi connectivity index (χ4n) is 0.106. The molecule has 5 heteroatoms. The maximum absolute atomic E-state index is 9.87. The van der Waals surface area contributed by atoms with Crippen molar-refractivity contribution in [1.29, 1.82) is 0 Å². The van der Waals surface area contributed by atoms with E-state index in [9.17, 15) is 4.57 Å². The summed E-state index contributed by atoms with van der Waals surface area (Å²) in [6.07, 6.45) is 0. The van der Waals surface area contributed by atoms with Gasteiger partial charge in [-0.05, 0) is 0 Å². The lowest BCUT2D eigenvalue weighted by atomic mass is 10.9. The van der Waals surface area contributed by atoms with Gasteiger partial charge in [0.1, 0.15) is 0 Å². The average molecular weight is 206 g/mol. The van der Waals surface area contributed by atoms with Crippen LogP contribution in [0.2, 0.25) is 0 Å². The molecule has 1 unspecified atom stereocenters. The highest BCUT2D eigenvalue weighted by molar-refractivity contribution is 9.09. The van der Waals surface area contributed by atoms with Crippen LogP contribution < -0.4 is 0 Å². The van der Waals surface area contributed by atoms with Gasteiger partial charge in [0.25, 0.3) is 0 Å². The summed E-state index contributed by atoms with van der Waals surface area (Å²) in [6.45, 7) is 0.401. The standard InChI is InChI=1S/C2H4BrClO2P/c3-1-2-6-7(4)5/h1-2H2. The molecule has 1 atom stereocenters. The summed E-state index contributed by atoms with van der Waals surface area (Å²) in [5.41, 5.74) is 0. The zero-order chi connectivity index (χ0) is 5.70. The zero-order valence-corrected chi connectivity index (χ0v) is 6.67. The van der Waals surface area contributed by atoms with Gasteiger partial charge in [0.2, 0.25) is 0 Å². The van der Waals surface area contributed by atoms with Crippen LogP contribution in [0.25, 0.3) is 0 Å². The first-order valence-corrected chi connectivity index (χ1v) is 4.79. The molecular formula is C2H4BrClO2P. The normalized spacial score (nSPS) is 11.4. The van der Waals surface area contributed by atoms with Crippen molar-refractivity contribution < 1.29 is 9.09 Å². The molecule has 0 aliphatic carbocycles. The quantitative estimate of drug-likeness (QED) is 0.523. The Kier molecular flexibility index (Phi) is 5.57. The van der Waals surface area contributed by atoms with Crippen molar-refractivity contribution in [2.45, 2.75) is 0 Å². The van der Waals surface area contributed by atoms with Gasteiger partial charge in [-0.1, -0.05) is 15.9 Å². The summed E-state index contributed by atoms with van der Waals surface area (Å²) >= 11 is 7.99. The summed E-state index contributed by atoms with van der Waals surface area (Å²) in [4.78, 5) is 0. The van der Waals surface area contributed by atoms with Gasteiger partial charge in [0.05, 0.1) is 6.61 Å². The third-order valence-electron chi connectivity index (χ3n) is 0.270. The molecule has 0 saturated heterocycles. The van der Waals surface area contributed by atoms with Gasteiger partial charge < -0.3 is 0 Å². The molecule has 0 N–H and O–H groups in total. The van der Waals surface area contributed by atoms with Gasteiger partial charge >= 0.3 is 7.38 Å². The average Bonchev–Trinajstić information content (AvgIpc) is 1.61. The Morgan fingerprint density at radius 1 is 1.86 bits per heavy atom. The van der Waals surface area contributed by atoms with E-state index in [0.29, 0.717) is 11.9 Å². The van der Waals surface area contributed by atoms with Crippen LogP contribution in [0.4, 0.5) is 0 Å². The number of halogens is 2. The minimum Gasteiger partial charge on any atom is -0.292 e. The van der Waals surface area contributed by atoms with Gasteiger partial charge in [0, 0.05) is 16.6 Å². The third kappa shape index (κ3) is 6.83. The summed E-state index contributed by atoms with van der Waals surface area (Å²) in [7, 11) is -1.91. The number of rotatable bonds is 3. The highest BCUT2D eigenvalue weighted by atomic mass is 79.9. The number of alkyl halides is 1. The summed E-state index contributed by atoms with van der Waals surface area (Å²) in [6, 6.07) is 0. The molecule has 2 nitrogen and oxygen atoms in total. The van der Waals surface area contributed by atoms with Crippen LogP contribution >= 0.6 is 34.6 Å². The number of hydrogen-bond acceptors (Lipinski definition) is 2. The first kappa shape index (κ1) is 7.83. The van der Waals surface area contributed by atoms with Crippen LogP contribution in [0.3, 0.4) is 0 Å². The molecule has 0 aliphatic rings. The maximum atomic E-state index is 9.87. The topological polar surface area (TPSA) is 26.3 Å². The van der Waals surface area contributed by atoms with E-state index in [4.69, 9.17) is 11.2 Å². The molecule has 0 aromatic heterocycles. The lowest BCUT2D eigenvalue weighted by molar-refractivity contribution is 0.365. The third-order valence-corrected chi connectivity index (χ3v) is 1.27. The SMILES string of the molecule is O=[P](Cl)OCCBr. The minimum atomic E-state index is -1.91. The Labute approximate surface area is 56.0 Å². The Morgan fingerprint density at radius 3 is 2.57 bits per heavy atom. The van der Waals surface area contributed by atoms with Crippen molar-refractivity contribution in [2.75, 3.05) is 11.9 Å². The van der Waals surface area contributed by atoms with E-state index < -0.39 is 7.38 Å². The molecule has 0 spiro atoms. The monoisotopic (exact) mass is 205 g/mol. The summed E-state index contributed by atoms with van der Waals surface area (Å²) in [5, 5.41) is 0.667. The van der Waals surface area contributed by atoms with Crippen LogP contribution in [-0.2, 0) is 9.09 Å². The first-order chi connectivity index (χ1) is 3.27. The van der Waals surface area contributed by atoms with Crippen LogP contribution in [-0.4, -0.2) is 11.9 Å². The van der Waals surface area contributed by atoms with Gasteiger partial charge in [-0.3, -0.25) is 4.52 Å². The second-order valence-corrected chi connectivity index (χ2v) is 3.04. The second-order valence-electron chi connectivity index (χ2n) is 0.735. The van der Waals surface area contributed by atoms with Crippen molar-refractivity contribution in [2.24, 2.45) is 0 Å². The van der Waals surface area contributed by atoms with Gasteiger partial charge in [-0.25, -0.2) is 4.57 Å². The van der Waals surface area contributed by atoms with Crippen molar-refractivity contribution in [3.05, 3.63) is 0 Å². The smallest absolute Gasteiger partial charge is 0.292 e. The predicted octanol–water partition coefficient (Wildman–Crippen LogP) is 2.29. The molecule has 1 radical (unpaired) electrons. The number of hydrogen-bond donors (Lipinski definition) is 0. The van der Waals surface area contributed by atoms with E-state index in [0.717, 1.165) is 0 Å². The Hall–Kier alpha value is 0.830. The Balaban J connectivity index is 2.82. The largest absolute Gasteiger partial charge is 0.315 e. The van der Waals surface area contributed by atoms with E-state index >= 15 is 0 Å². The van der Waals surface area contributed by atoms with E-state index in [1.807, 2.05) is 0 Å². The minimum absolute atomic E-state index is 0.401. The molecule has 0 saturated carbocycles. The fourth-order valence-corrected chi connectivity index (χ4v) is 0.960. The predicted molar refractivity (Wildman–Crippen MR) is 33.2 cm³/mol. The maximum Gasteiger partial charge on any atom is 0.315 e. The van der Waals surface area contributed by atoms with Crippen molar-refractivity contribution >= 4 is 34.6 Å². The van der Waals surface area contributed by atoms with Crippen LogP contribution in [0.1, 0.15) is 0 Å². The zero-order valence-electron chi connectivity index (χ0n) is 3.43. The molecule has 0 fully saturated rings. The van der Waals surface area contributed by atoms with E-state index in [-0.39, 0.29) is 0 Å². The van der Waals surface area contributed by atoms with Gasteiger partial charge in [0.15, 0.2) is 0 Å². The van der Waals surface area contributed by atoms with Crippen LogP contribution in [0.5, 0.6) is 0 Å². The van der Waals surface area contributed by atoms with Crippen molar-refractivity contribution in [1.82, 2.24) is 0 Å². The van der Waals surface area contributed by atoms with Crippen LogP contribution in [0.15, 0.2) is 0 Å². The Morgan fingerprint density at radius 2 is 2.43 bits per heavy atom. The molecule has 0 bridgehead atoms. The second kappa shape index (κ2) is 4.98. The molecular weight excluding hydrogens is 202 g/mol. The van der Waals surface area contributed by atoms with Crippen molar-refractivity contribution in [3.63, 3.8) is 0 Å². The van der Waals surface area contributed by atoms with E-state index in [1.165, 1.54) is 0 Å². The first-order valence-electron chi connectivity index (χ1n) is 1.59. The lowest BCUT2D eigenvalue weighted by Crippen LogP contribution is -1.82. The molecule has 7 heavy (non-hydrogen) atoms. The molecule has 0 aliphatic heterocycles. The highest BCUT2D eigenvalue weighted by Crippen LogP contribution is 2.26. The Bertz CT molecular complexity index is 68.7. The molecule has 0 heterocycles. The molecule has 0 aromatic rings. The molecule has 0 amide bonds. The molecule has 0 rings (SSSR count). The summed E-state index contributed by atoms with van der Waals surface area (Å²) in [5.74, 6) is 0. The van der Waals surface area contributed by atoms with Crippen molar-refractivity contribution in [3.8, 4) is 0 Å². The fraction of sp³-hybridized carbons (Fsp3) is 1.00. The van der Waals surface area contributed by atoms with E-state index in [1.54, 1.807) is 0 Å². The molecule has 43 valence electrons. The van der Waals surface area contributed by atoms with Gasteiger partial charge in [-0.2, -0.15) is 0 Å². The molecule has 0 aromatic carbocycles. The summed E-state index contributed by atoms with van der Waals surface area (Å²) < 4.78 is 14.3. The van der Waals surface area contributed by atoms with Crippen LogP contribution in [0, 0.1) is 0 Å². The van der Waals surface area contributed by atoms with Gasteiger partial charge in [-0.15, -0.1) is 0 Å². The van der Waals surface area contributed by atoms with E-state index in [2.05, 4.69) is 20.5 Å². The lowest BCUT2D eigenvalue weighted by Gasteiger charge is -1.87.